The molecular weight excluding hydrogens is 232 g/mol. The molecule has 100 valence electrons. The summed E-state index contributed by atoms with van der Waals surface area (Å²) in [6, 6.07) is 7.60. The zero-order chi connectivity index (χ0) is 13.4. The van der Waals surface area contributed by atoms with Gasteiger partial charge >= 0.3 is 6.03 Å². The highest BCUT2D eigenvalue weighted by Gasteiger charge is 2.11. The zero-order valence-corrected chi connectivity index (χ0v) is 10.6. The molecule has 18 heavy (non-hydrogen) atoms. The molecule has 0 heterocycles. The molecule has 0 bridgehead atoms. The molecule has 5 nitrogen and oxygen atoms in total. The van der Waals surface area contributed by atoms with Crippen molar-refractivity contribution in [1.29, 1.82) is 0 Å². The summed E-state index contributed by atoms with van der Waals surface area (Å²) in [6.07, 6.45) is 0. The van der Waals surface area contributed by atoms with E-state index in [1.165, 1.54) is 4.90 Å². The van der Waals surface area contributed by atoms with Gasteiger partial charge in [0, 0.05) is 19.6 Å². The van der Waals surface area contributed by atoms with Gasteiger partial charge in [0.1, 0.15) is 0 Å². The lowest BCUT2D eigenvalue weighted by Gasteiger charge is -2.21. The summed E-state index contributed by atoms with van der Waals surface area (Å²) < 4.78 is 0. The van der Waals surface area contributed by atoms with Crippen LogP contribution in [-0.4, -0.2) is 47.4 Å². The van der Waals surface area contributed by atoms with Crippen LogP contribution in [-0.2, 0) is 6.54 Å². The Morgan fingerprint density at radius 2 is 1.94 bits per heavy atom. The van der Waals surface area contributed by atoms with Gasteiger partial charge in [-0.05, 0) is 12.5 Å². The highest BCUT2D eigenvalue weighted by molar-refractivity contribution is 5.74. The number of urea groups is 1. The number of benzene rings is 1. The standard InChI is InChI=1S/C13H20N2O3/c1-11-3-2-4-12(9-11)10-14-13(18)15(5-7-16)6-8-17/h2-4,9,16-17H,5-8,10H2,1H3,(H,14,18). The molecule has 5 heteroatoms. The topological polar surface area (TPSA) is 72.8 Å². The van der Waals surface area contributed by atoms with Crippen molar-refractivity contribution in [2.24, 2.45) is 0 Å². The molecule has 0 atom stereocenters. The molecule has 0 aliphatic rings. The minimum Gasteiger partial charge on any atom is -0.395 e. The second-order valence-corrected chi connectivity index (χ2v) is 4.08. The van der Waals surface area contributed by atoms with Crippen LogP contribution in [0.1, 0.15) is 11.1 Å². The van der Waals surface area contributed by atoms with Crippen molar-refractivity contribution in [1.82, 2.24) is 10.2 Å². The molecule has 0 saturated heterocycles. The number of nitrogens with zero attached hydrogens (tertiary/aromatic N) is 1. The quantitative estimate of drug-likeness (QED) is 0.690. The van der Waals surface area contributed by atoms with Gasteiger partial charge in [-0.3, -0.25) is 0 Å². The summed E-state index contributed by atoms with van der Waals surface area (Å²) in [7, 11) is 0. The van der Waals surface area contributed by atoms with E-state index in [1.54, 1.807) is 0 Å². The largest absolute Gasteiger partial charge is 0.395 e. The number of aliphatic hydroxyl groups excluding tert-OH is 2. The monoisotopic (exact) mass is 252 g/mol. The van der Waals surface area contributed by atoms with Crippen LogP contribution in [0.4, 0.5) is 4.79 Å². The number of carbonyl (C=O) groups is 1. The fraction of sp³-hybridized carbons (Fsp3) is 0.462. The maximum atomic E-state index is 11.8. The van der Waals surface area contributed by atoms with Crippen LogP contribution in [0.3, 0.4) is 0 Å². The first-order valence-corrected chi connectivity index (χ1v) is 5.97. The van der Waals surface area contributed by atoms with Crippen LogP contribution in [0.2, 0.25) is 0 Å². The van der Waals surface area contributed by atoms with Crippen LogP contribution in [0.25, 0.3) is 0 Å². The van der Waals surface area contributed by atoms with Gasteiger partial charge in [0.05, 0.1) is 13.2 Å². The summed E-state index contributed by atoms with van der Waals surface area (Å²) in [6.45, 7) is 2.65. The summed E-state index contributed by atoms with van der Waals surface area (Å²) >= 11 is 0. The third-order valence-corrected chi connectivity index (χ3v) is 2.55. The Kier molecular flexibility index (Phi) is 6.18. The molecule has 1 aromatic rings. The van der Waals surface area contributed by atoms with Gasteiger partial charge in [0.2, 0.25) is 0 Å². The average molecular weight is 252 g/mol. The molecule has 2 amide bonds. The predicted octanol–water partition coefficient (Wildman–Crippen LogP) is 0.491. The molecule has 1 rings (SSSR count). The predicted molar refractivity (Wildman–Crippen MR) is 69.2 cm³/mol. The fourth-order valence-corrected chi connectivity index (χ4v) is 1.67. The summed E-state index contributed by atoms with van der Waals surface area (Å²) in [4.78, 5) is 13.2. The van der Waals surface area contributed by atoms with Crippen molar-refractivity contribution < 1.29 is 15.0 Å². The van der Waals surface area contributed by atoms with E-state index in [0.717, 1.165) is 11.1 Å². The van der Waals surface area contributed by atoms with E-state index >= 15 is 0 Å². The first kappa shape index (κ1) is 14.5. The van der Waals surface area contributed by atoms with Crippen molar-refractivity contribution in [2.45, 2.75) is 13.5 Å². The van der Waals surface area contributed by atoms with Crippen molar-refractivity contribution in [3.05, 3.63) is 35.4 Å². The average Bonchev–Trinajstić information content (AvgIpc) is 2.36. The first-order valence-electron chi connectivity index (χ1n) is 5.97. The van der Waals surface area contributed by atoms with Gasteiger partial charge in [-0.15, -0.1) is 0 Å². The lowest BCUT2D eigenvalue weighted by atomic mass is 10.1. The summed E-state index contributed by atoms with van der Waals surface area (Å²) in [5, 5.41) is 20.4. The van der Waals surface area contributed by atoms with Gasteiger partial charge in [0.25, 0.3) is 0 Å². The van der Waals surface area contributed by atoms with Crippen LogP contribution in [0.15, 0.2) is 24.3 Å². The number of hydrogen-bond donors (Lipinski definition) is 3. The van der Waals surface area contributed by atoms with Gasteiger partial charge in [0.15, 0.2) is 0 Å². The third-order valence-electron chi connectivity index (χ3n) is 2.55. The van der Waals surface area contributed by atoms with E-state index in [4.69, 9.17) is 10.2 Å². The minimum atomic E-state index is -0.278. The molecular formula is C13H20N2O3. The molecule has 0 saturated carbocycles. The SMILES string of the molecule is Cc1cccc(CNC(=O)N(CCO)CCO)c1. The van der Waals surface area contributed by atoms with E-state index in [0.29, 0.717) is 6.54 Å². The van der Waals surface area contributed by atoms with Crippen LogP contribution < -0.4 is 5.32 Å². The Morgan fingerprint density at radius 3 is 2.50 bits per heavy atom. The highest BCUT2D eigenvalue weighted by atomic mass is 16.3. The Labute approximate surface area is 107 Å². The van der Waals surface area contributed by atoms with Gasteiger partial charge in [-0.1, -0.05) is 29.8 Å². The summed E-state index contributed by atoms with van der Waals surface area (Å²) in [5.74, 6) is 0. The molecule has 0 spiro atoms. The lowest BCUT2D eigenvalue weighted by molar-refractivity contribution is 0.158. The Morgan fingerprint density at radius 1 is 1.28 bits per heavy atom. The molecule has 3 N–H and O–H groups in total. The smallest absolute Gasteiger partial charge is 0.317 e. The van der Waals surface area contributed by atoms with E-state index in [2.05, 4.69) is 5.32 Å². The second kappa shape index (κ2) is 7.68. The van der Waals surface area contributed by atoms with Gasteiger partial charge in [-0.2, -0.15) is 0 Å². The molecule has 1 aromatic carbocycles. The molecule has 0 fully saturated rings. The number of rotatable bonds is 6. The number of nitrogens with one attached hydrogen (secondary N) is 1. The molecule has 0 aromatic heterocycles. The maximum Gasteiger partial charge on any atom is 0.317 e. The first-order chi connectivity index (χ1) is 8.67. The number of carbonyl (C=O) groups excluding carboxylic acids is 1. The van der Waals surface area contributed by atoms with Crippen molar-refractivity contribution in [2.75, 3.05) is 26.3 Å². The molecule has 0 aliphatic carbocycles. The minimum absolute atomic E-state index is 0.113. The van der Waals surface area contributed by atoms with Crippen LogP contribution in [0.5, 0.6) is 0 Å². The molecule has 0 aliphatic heterocycles. The normalized spacial score (nSPS) is 10.2. The van der Waals surface area contributed by atoms with Gasteiger partial charge in [-0.25, -0.2) is 4.79 Å². The van der Waals surface area contributed by atoms with Crippen molar-refractivity contribution >= 4 is 6.03 Å². The van der Waals surface area contributed by atoms with Gasteiger partial charge < -0.3 is 20.4 Å². The molecule has 0 radical (unpaired) electrons. The number of aryl methyl sites for hydroxylation is 1. The van der Waals surface area contributed by atoms with Crippen molar-refractivity contribution in [3.8, 4) is 0 Å². The fourth-order valence-electron chi connectivity index (χ4n) is 1.67. The van der Waals surface area contributed by atoms with Crippen LogP contribution >= 0.6 is 0 Å². The number of aliphatic hydroxyl groups is 2. The Hall–Kier alpha value is -1.59. The zero-order valence-electron chi connectivity index (χ0n) is 10.6. The Balaban J connectivity index is 2.48. The van der Waals surface area contributed by atoms with E-state index < -0.39 is 0 Å². The second-order valence-electron chi connectivity index (χ2n) is 4.08. The number of amides is 2. The summed E-state index contributed by atoms with van der Waals surface area (Å²) in [5.41, 5.74) is 2.17. The van der Waals surface area contributed by atoms with E-state index in [9.17, 15) is 4.79 Å². The maximum absolute atomic E-state index is 11.8. The number of hydrogen-bond acceptors (Lipinski definition) is 3. The molecule has 0 unspecified atom stereocenters. The van der Waals surface area contributed by atoms with E-state index in [-0.39, 0.29) is 32.3 Å². The highest BCUT2D eigenvalue weighted by Crippen LogP contribution is 2.03. The van der Waals surface area contributed by atoms with E-state index in [1.807, 2.05) is 31.2 Å². The van der Waals surface area contributed by atoms with Crippen LogP contribution in [0, 0.1) is 6.92 Å². The third kappa shape index (κ3) is 4.73. The Bertz CT molecular complexity index is 376. The van der Waals surface area contributed by atoms with Crippen molar-refractivity contribution in [3.63, 3.8) is 0 Å². The lowest BCUT2D eigenvalue weighted by Crippen LogP contribution is -2.42.